The molecule has 0 saturated carbocycles. The highest BCUT2D eigenvalue weighted by Crippen LogP contribution is 2.37. The Morgan fingerprint density at radius 2 is 1.47 bits per heavy atom. The van der Waals surface area contributed by atoms with Crippen molar-refractivity contribution in [1.82, 2.24) is 4.90 Å². The Morgan fingerprint density at radius 1 is 0.810 bits per heavy atom. The Labute approximate surface area is 350 Å². The van der Waals surface area contributed by atoms with E-state index in [1.165, 1.54) is 7.11 Å². The van der Waals surface area contributed by atoms with E-state index in [2.05, 4.69) is 26.8 Å². The molecule has 2 N–H and O–H groups in total. The molecule has 3 heterocycles. The average molecular weight is 828 g/mol. The van der Waals surface area contributed by atoms with Crippen molar-refractivity contribution < 1.29 is 57.7 Å². The number of carbonyl (C=O) groups is 2. The Kier molecular flexibility index (Phi) is 20.2. The van der Waals surface area contributed by atoms with E-state index in [0.29, 0.717) is 19.4 Å². The first-order valence-corrected chi connectivity index (χ1v) is 21.9. The first-order chi connectivity index (χ1) is 27.2. The fraction of sp³-hybridized carbons (Fsp3) is 0.911. The maximum atomic E-state index is 14.5. The van der Waals surface area contributed by atoms with Crippen LogP contribution in [0.4, 0.5) is 0 Å². The van der Waals surface area contributed by atoms with Gasteiger partial charge in [-0.25, -0.2) is 0 Å². The fourth-order valence-electron chi connectivity index (χ4n) is 9.37. The van der Waals surface area contributed by atoms with Gasteiger partial charge in [0.15, 0.2) is 12.6 Å². The van der Waals surface area contributed by atoms with Gasteiger partial charge in [0.1, 0.15) is 24.1 Å². The Morgan fingerprint density at radius 3 is 2.05 bits per heavy atom. The molecule has 18 atom stereocenters. The number of likely N-dealkylation sites (N-methyl/N-ethyl adjacent to an activating group) is 1. The monoisotopic (exact) mass is 828 g/mol. The van der Waals surface area contributed by atoms with Gasteiger partial charge >= 0.3 is 5.97 Å². The van der Waals surface area contributed by atoms with Crippen molar-refractivity contribution in [3.05, 3.63) is 12.2 Å². The summed E-state index contributed by atoms with van der Waals surface area (Å²) in [6, 6.07) is -0.238. The van der Waals surface area contributed by atoms with Crippen LogP contribution < -0.4 is 0 Å². The van der Waals surface area contributed by atoms with Crippen molar-refractivity contribution in [2.75, 3.05) is 34.9 Å². The molecule has 3 aliphatic rings. The number of hydrogen-bond acceptors (Lipinski definition) is 13. The van der Waals surface area contributed by atoms with E-state index in [1.807, 2.05) is 66.6 Å². The molecule has 58 heavy (non-hydrogen) atoms. The van der Waals surface area contributed by atoms with Gasteiger partial charge in [-0.05, 0) is 66.0 Å². The van der Waals surface area contributed by atoms with Crippen molar-refractivity contribution in [2.24, 2.45) is 35.0 Å². The van der Waals surface area contributed by atoms with Crippen LogP contribution in [0.2, 0.25) is 0 Å². The SMILES string of the molecule is CCCC(C)(C)/C=C/CO[C@@H]1C(C)C(=O)[C@H](C)C[C@@H](OC)[C@H](OC2OC(C)CC(N(C)C)[C@H]2O)C(C)[C@H](O[C@H]2C[C@@H](OC)[C@@H](O)[C@H](C)O2)C(C)C(=O)OC(CC)[C@@H]1C. The van der Waals surface area contributed by atoms with E-state index in [0.717, 1.165) is 12.8 Å². The number of cyclic esters (lactones) is 1. The summed E-state index contributed by atoms with van der Waals surface area (Å²) in [6.45, 7) is 22.0. The van der Waals surface area contributed by atoms with E-state index in [-0.39, 0.29) is 42.1 Å². The summed E-state index contributed by atoms with van der Waals surface area (Å²) in [5.41, 5.74) is 0.0131. The zero-order valence-corrected chi connectivity index (χ0v) is 38.4. The number of rotatable bonds is 14. The number of aliphatic hydroxyl groups excluding tert-OH is 2. The standard InChI is InChI=1S/C45H81NO12/c1-16-19-45(10,11)20-18-21-53-40-27(5)33(17-2)56-43(50)30(8)41(57-36-24-34(51-14)38(48)31(9)55-36)29(7)42(35(52-15)22-25(3)37(47)28(40)6)58-44-39(49)32(46(12)13)23-26(4)54-44/h18,20,25-36,38-42,44,48-49H,16-17,19,21-24H2,1-15H3/b20-18+/t25-,26?,27+,28?,29?,30?,31+,32?,33?,34-,35-,36+,38+,39-,40+,41+,42-,44?/m1/s1. The molecule has 0 aromatic heterocycles. The number of ketones is 1. The number of esters is 1. The first-order valence-electron chi connectivity index (χ1n) is 21.9. The Balaban J connectivity index is 2.13. The third kappa shape index (κ3) is 13.2. The van der Waals surface area contributed by atoms with Gasteiger partial charge in [0, 0.05) is 50.4 Å². The van der Waals surface area contributed by atoms with E-state index < -0.39 is 97.2 Å². The minimum Gasteiger partial charge on any atom is -0.462 e. The van der Waals surface area contributed by atoms with Crippen LogP contribution in [0.25, 0.3) is 0 Å². The van der Waals surface area contributed by atoms with Gasteiger partial charge in [0.05, 0.1) is 55.3 Å². The van der Waals surface area contributed by atoms with Crippen molar-refractivity contribution in [3.8, 4) is 0 Å². The van der Waals surface area contributed by atoms with Gasteiger partial charge in [-0.3, -0.25) is 9.59 Å². The lowest BCUT2D eigenvalue weighted by atomic mass is 9.79. The number of Topliss-reactive ketones (excluding diaryl/α,β-unsaturated/α-hetero) is 1. The van der Waals surface area contributed by atoms with Crippen LogP contribution in [0.5, 0.6) is 0 Å². The molecule has 3 saturated heterocycles. The van der Waals surface area contributed by atoms with Crippen LogP contribution in [-0.2, 0) is 47.5 Å². The van der Waals surface area contributed by atoms with Gasteiger partial charge in [0.2, 0.25) is 0 Å². The zero-order valence-electron chi connectivity index (χ0n) is 38.4. The first kappa shape index (κ1) is 50.8. The van der Waals surface area contributed by atoms with Gasteiger partial charge in [-0.1, -0.05) is 74.0 Å². The quantitative estimate of drug-likeness (QED) is 0.157. The normalized spacial score (nSPS) is 41.8. The summed E-state index contributed by atoms with van der Waals surface area (Å²) in [6.07, 6.45) is -0.669. The predicted octanol–water partition coefficient (Wildman–Crippen LogP) is 5.95. The number of allylic oxidation sites excluding steroid dienone is 1. The van der Waals surface area contributed by atoms with E-state index in [4.69, 9.17) is 37.9 Å². The molecule has 0 bridgehead atoms. The average Bonchev–Trinajstić information content (AvgIpc) is 3.17. The van der Waals surface area contributed by atoms with Gasteiger partial charge < -0.3 is 53.0 Å². The molecule has 13 heteroatoms. The van der Waals surface area contributed by atoms with Gasteiger partial charge in [-0.15, -0.1) is 0 Å². The number of nitrogens with zero attached hydrogens (tertiary/aromatic N) is 1. The maximum Gasteiger partial charge on any atom is 0.311 e. The van der Waals surface area contributed by atoms with Crippen LogP contribution in [0, 0.1) is 35.0 Å². The second kappa shape index (κ2) is 23.1. The lowest BCUT2D eigenvalue weighted by Gasteiger charge is -2.46. The molecular weight excluding hydrogens is 746 g/mol. The number of aliphatic hydroxyl groups is 2. The van der Waals surface area contributed by atoms with E-state index in [1.54, 1.807) is 21.0 Å². The highest BCUT2D eigenvalue weighted by Gasteiger charge is 2.48. The molecule has 13 nitrogen and oxygen atoms in total. The predicted molar refractivity (Wildman–Crippen MR) is 222 cm³/mol. The van der Waals surface area contributed by atoms with Crippen LogP contribution in [0.1, 0.15) is 115 Å². The van der Waals surface area contributed by atoms with Crippen LogP contribution in [0.15, 0.2) is 12.2 Å². The summed E-state index contributed by atoms with van der Waals surface area (Å²) in [5.74, 6) is -3.22. The lowest BCUT2D eigenvalue weighted by Crippen LogP contribution is -2.58. The van der Waals surface area contributed by atoms with Crippen molar-refractivity contribution in [3.63, 3.8) is 0 Å². The third-order valence-electron chi connectivity index (χ3n) is 13.0. The van der Waals surface area contributed by atoms with Gasteiger partial charge in [0.25, 0.3) is 0 Å². The van der Waals surface area contributed by atoms with Crippen LogP contribution in [-0.4, -0.2) is 141 Å². The highest BCUT2D eigenvalue weighted by molar-refractivity contribution is 5.83. The third-order valence-corrected chi connectivity index (χ3v) is 13.0. The van der Waals surface area contributed by atoms with Crippen molar-refractivity contribution in [2.45, 2.75) is 194 Å². The summed E-state index contributed by atoms with van der Waals surface area (Å²) in [4.78, 5) is 30.9. The molecule has 0 amide bonds. The molecule has 0 aliphatic carbocycles. The Bertz CT molecular complexity index is 1280. The molecular formula is C45H81NO12. The number of carbonyl (C=O) groups excluding carboxylic acids is 2. The molecule has 3 rings (SSSR count). The Hall–Kier alpha value is -1.52. The molecule has 0 radical (unpaired) electrons. The fourth-order valence-corrected chi connectivity index (χ4v) is 9.37. The molecule has 0 aromatic rings. The lowest BCUT2D eigenvalue weighted by molar-refractivity contribution is -0.303. The van der Waals surface area contributed by atoms with Gasteiger partial charge in [-0.2, -0.15) is 0 Å². The largest absolute Gasteiger partial charge is 0.462 e. The topological polar surface area (TPSA) is 152 Å². The summed E-state index contributed by atoms with van der Waals surface area (Å²) in [5, 5.41) is 22.4. The van der Waals surface area contributed by atoms with E-state index >= 15 is 0 Å². The summed E-state index contributed by atoms with van der Waals surface area (Å²) < 4.78 is 50.9. The summed E-state index contributed by atoms with van der Waals surface area (Å²) in [7, 11) is 6.94. The molecule has 3 aliphatic heterocycles. The minimum absolute atomic E-state index is 0.00371. The molecule has 3 fully saturated rings. The highest BCUT2D eigenvalue weighted by atomic mass is 16.7. The van der Waals surface area contributed by atoms with Crippen molar-refractivity contribution in [1.29, 1.82) is 0 Å². The molecule has 0 aromatic carbocycles. The number of hydrogen-bond donors (Lipinski definition) is 2. The molecule has 0 spiro atoms. The van der Waals surface area contributed by atoms with Crippen LogP contribution in [0.3, 0.4) is 0 Å². The molecule has 7 unspecified atom stereocenters. The minimum atomic E-state index is -1.04. The summed E-state index contributed by atoms with van der Waals surface area (Å²) >= 11 is 0. The van der Waals surface area contributed by atoms with Crippen LogP contribution >= 0.6 is 0 Å². The second-order valence-electron chi connectivity index (χ2n) is 18.5. The van der Waals surface area contributed by atoms with Crippen molar-refractivity contribution >= 4 is 11.8 Å². The number of methoxy groups -OCH3 is 2. The maximum absolute atomic E-state index is 14.5. The molecule has 338 valence electrons. The second-order valence-corrected chi connectivity index (χ2v) is 18.5. The smallest absolute Gasteiger partial charge is 0.311 e. The number of ether oxygens (including phenoxy) is 8. The van der Waals surface area contributed by atoms with E-state index in [9.17, 15) is 19.8 Å². The zero-order chi connectivity index (χ0) is 43.6.